The minimum atomic E-state index is -0.165. The van der Waals surface area contributed by atoms with Crippen LogP contribution in [0.2, 0.25) is 0 Å². The van der Waals surface area contributed by atoms with Crippen molar-refractivity contribution < 1.29 is 4.39 Å². The maximum atomic E-state index is 13.1. The summed E-state index contributed by atoms with van der Waals surface area (Å²) in [6.07, 6.45) is 1.09. The molecule has 18 heavy (non-hydrogen) atoms. The lowest BCUT2D eigenvalue weighted by Gasteiger charge is -2.07. The second-order valence-corrected chi connectivity index (χ2v) is 5.65. The quantitative estimate of drug-likeness (QED) is 0.858. The van der Waals surface area contributed by atoms with Crippen molar-refractivity contribution in [3.8, 4) is 0 Å². The van der Waals surface area contributed by atoms with Crippen LogP contribution in [0.3, 0.4) is 0 Å². The number of hydrogen-bond acceptors (Lipinski definition) is 2. The van der Waals surface area contributed by atoms with Crippen molar-refractivity contribution in [2.75, 3.05) is 0 Å². The molecule has 0 saturated carbocycles. The van der Waals surface area contributed by atoms with Crippen molar-refractivity contribution in [2.45, 2.75) is 33.4 Å². The van der Waals surface area contributed by atoms with Crippen molar-refractivity contribution >= 4 is 11.3 Å². The van der Waals surface area contributed by atoms with Gasteiger partial charge in [-0.05, 0) is 48.7 Å². The molecule has 1 N–H and O–H groups in total. The van der Waals surface area contributed by atoms with Crippen LogP contribution in [0.5, 0.6) is 0 Å². The van der Waals surface area contributed by atoms with Gasteiger partial charge >= 0.3 is 0 Å². The smallest absolute Gasteiger partial charge is 0.123 e. The standard InChI is InChI=1S/C15H18FNS/c1-3-14-6-7-15(18-14)10-17-9-12-8-13(16)5-4-11(12)2/h4-8,17H,3,9-10H2,1-2H3. The zero-order valence-electron chi connectivity index (χ0n) is 10.8. The minimum absolute atomic E-state index is 0.165. The highest BCUT2D eigenvalue weighted by Crippen LogP contribution is 2.17. The molecule has 0 atom stereocenters. The average molecular weight is 263 g/mol. The van der Waals surface area contributed by atoms with Crippen molar-refractivity contribution in [1.82, 2.24) is 5.32 Å². The topological polar surface area (TPSA) is 12.0 Å². The maximum Gasteiger partial charge on any atom is 0.123 e. The Morgan fingerprint density at radius 1 is 1.11 bits per heavy atom. The van der Waals surface area contributed by atoms with Gasteiger partial charge in [0.05, 0.1) is 0 Å². The monoisotopic (exact) mass is 263 g/mol. The summed E-state index contributed by atoms with van der Waals surface area (Å²) in [5.41, 5.74) is 2.16. The molecule has 0 aliphatic rings. The van der Waals surface area contributed by atoms with Gasteiger partial charge in [-0.3, -0.25) is 0 Å². The summed E-state index contributed by atoms with van der Waals surface area (Å²) in [6, 6.07) is 9.27. The lowest BCUT2D eigenvalue weighted by Crippen LogP contribution is -2.12. The van der Waals surface area contributed by atoms with E-state index >= 15 is 0 Å². The molecular formula is C15H18FNS. The molecule has 0 amide bonds. The molecule has 1 aromatic carbocycles. The maximum absolute atomic E-state index is 13.1. The summed E-state index contributed by atoms with van der Waals surface area (Å²) in [6.45, 7) is 5.74. The van der Waals surface area contributed by atoms with Crippen LogP contribution in [0.1, 0.15) is 27.8 Å². The van der Waals surface area contributed by atoms with E-state index in [1.165, 1.54) is 15.8 Å². The SMILES string of the molecule is CCc1ccc(CNCc2cc(F)ccc2C)s1. The minimum Gasteiger partial charge on any atom is -0.308 e. The zero-order chi connectivity index (χ0) is 13.0. The molecule has 0 spiro atoms. The van der Waals surface area contributed by atoms with Crippen molar-refractivity contribution in [2.24, 2.45) is 0 Å². The second-order valence-electron chi connectivity index (χ2n) is 4.40. The highest BCUT2D eigenvalue weighted by atomic mass is 32.1. The molecule has 0 radical (unpaired) electrons. The van der Waals surface area contributed by atoms with Crippen LogP contribution in [0.15, 0.2) is 30.3 Å². The van der Waals surface area contributed by atoms with Gasteiger partial charge in [-0.2, -0.15) is 0 Å². The Morgan fingerprint density at radius 2 is 1.89 bits per heavy atom. The molecule has 1 aromatic heterocycles. The van der Waals surface area contributed by atoms with Gasteiger partial charge in [-0.15, -0.1) is 11.3 Å². The van der Waals surface area contributed by atoms with E-state index in [0.29, 0.717) is 6.54 Å². The highest BCUT2D eigenvalue weighted by Gasteiger charge is 2.02. The molecule has 0 bridgehead atoms. The summed E-state index contributed by atoms with van der Waals surface area (Å²) in [7, 11) is 0. The fraction of sp³-hybridized carbons (Fsp3) is 0.333. The number of thiophene rings is 1. The number of aryl methyl sites for hydroxylation is 2. The van der Waals surface area contributed by atoms with E-state index in [1.54, 1.807) is 6.07 Å². The number of halogens is 1. The zero-order valence-corrected chi connectivity index (χ0v) is 11.6. The number of rotatable bonds is 5. The normalized spacial score (nSPS) is 10.8. The van der Waals surface area contributed by atoms with Gasteiger partial charge in [0, 0.05) is 22.8 Å². The number of hydrogen-bond donors (Lipinski definition) is 1. The molecule has 0 aliphatic carbocycles. The van der Waals surface area contributed by atoms with E-state index in [1.807, 2.05) is 24.3 Å². The predicted molar refractivity (Wildman–Crippen MR) is 75.4 cm³/mol. The first kappa shape index (κ1) is 13.2. The fourth-order valence-electron chi connectivity index (χ4n) is 1.86. The third-order valence-electron chi connectivity index (χ3n) is 2.99. The van der Waals surface area contributed by atoms with Gasteiger partial charge < -0.3 is 5.32 Å². The molecule has 96 valence electrons. The lowest BCUT2D eigenvalue weighted by atomic mass is 10.1. The Hall–Kier alpha value is -1.19. The largest absolute Gasteiger partial charge is 0.308 e. The Labute approximate surface area is 112 Å². The molecule has 0 fully saturated rings. The molecule has 0 unspecified atom stereocenters. The summed E-state index contributed by atoms with van der Waals surface area (Å²) in [5.74, 6) is -0.165. The fourth-order valence-corrected chi connectivity index (χ4v) is 2.79. The molecule has 2 aromatic rings. The van der Waals surface area contributed by atoms with Crippen LogP contribution in [0, 0.1) is 12.7 Å². The number of nitrogens with one attached hydrogen (secondary N) is 1. The van der Waals surface area contributed by atoms with Crippen LogP contribution < -0.4 is 5.32 Å². The molecule has 3 heteroatoms. The van der Waals surface area contributed by atoms with Gasteiger partial charge in [0.25, 0.3) is 0 Å². The van der Waals surface area contributed by atoms with E-state index in [9.17, 15) is 4.39 Å². The molecule has 1 heterocycles. The van der Waals surface area contributed by atoms with E-state index in [4.69, 9.17) is 0 Å². The summed E-state index contributed by atoms with van der Waals surface area (Å²) in [4.78, 5) is 2.75. The Kier molecular flexibility index (Phi) is 4.50. The van der Waals surface area contributed by atoms with Crippen LogP contribution in [0.25, 0.3) is 0 Å². The van der Waals surface area contributed by atoms with Crippen molar-refractivity contribution in [1.29, 1.82) is 0 Å². The van der Waals surface area contributed by atoms with Crippen LogP contribution in [-0.4, -0.2) is 0 Å². The van der Waals surface area contributed by atoms with Crippen LogP contribution >= 0.6 is 11.3 Å². The predicted octanol–water partition coefficient (Wildman–Crippen LogP) is 4.05. The molecule has 0 saturated heterocycles. The molecule has 2 rings (SSSR count). The average Bonchev–Trinajstić information content (AvgIpc) is 2.81. The van der Waals surface area contributed by atoms with Gasteiger partial charge in [0.15, 0.2) is 0 Å². The van der Waals surface area contributed by atoms with Crippen LogP contribution in [-0.2, 0) is 19.5 Å². The van der Waals surface area contributed by atoms with Gasteiger partial charge in [0.2, 0.25) is 0 Å². The van der Waals surface area contributed by atoms with Gasteiger partial charge in [0.1, 0.15) is 5.82 Å². The lowest BCUT2D eigenvalue weighted by molar-refractivity contribution is 0.619. The Balaban J connectivity index is 1.90. The first-order chi connectivity index (χ1) is 8.69. The van der Waals surface area contributed by atoms with Crippen molar-refractivity contribution in [3.63, 3.8) is 0 Å². The van der Waals surface area contributed by atoms with E-state index < -0.39 is 0 Å². The van der Waals surface area contributed by atoms with Crippen LogP contribution in [0.4, 0.5) is 4.39 Å². The van der Waals surface area contributed by atoms with E-state index in [-0.39, 0.29) is 5.82 Å². The first-order valence-electron chi connectivity index (χ1n) is 6.22. The molecule has 1 nitrogen and oxygen atoms in total. The Morgan fingerprint density at radius 3 is 2.61 bits per heavy atom. The Bertz CT molecular complexity index is 519. The van der Waals surface area contributed by atoms with Gasteiger partial charge in [-0.1, -0.05) is 13.0 Å². The summed E-state index contributed by atoms with van der Waals surface area (Å²) < 4.78 is 13.1. The van der Waals surface area contributed by atoms with E-state index in [2.05, 4.69) is 24.4 Å². The van der Waals surface area contributed by atoms with Crippen molar-refractivity contribution in [3.05, 3.63) is 57.0 Å². The van der Waals surface area contributed by atoms with E-state index in [0.717, 1.165) is 24.1 Å². The number of benzene rings is 1. The molecular weight excluding hydrogens is 245 g/mol. The third-order valence-corrected chi connectivity index (χ3v) is 4.22. The van der Waals surface area contributed by atoms with Gasteiger partial charge in [-0.25, -0.2) is 4.39 Å². The molecule has 0 aliphatic heterocycles. The third kappa shape index (κ3) is 3.40. The summed E-state index contributed by atoms with van der Waals surface area (Å²) in [5, 5.41) is 3.37. The highest BCUT2D eigenvalue weighted by molar-refractivity contribution is 7.11. The summed E-state index contributed by atoms with van der Waals surface area (Å²) >= 11 is 1.84. The first-order valence-corrected chi connectivity index (χ1v) is 7.04. The second kappa shape index (κ2) is 6.12.